The third-order valence-corrected chi connectivity index (χ3v) is 11.6. The number of thioether (sulfide) groups is 1. The summed E-state index contributed by atoms with van der Waals surface area (Å²) < 4.78 is 4.74. The van der Waals surface area contributed by atoms with Gasteiger partial charge in [-0.3, -0.25) is 14.4 Å². The summed E-state index contributed by atoms with van der Waals surface area (Å²) in [5.74, 6) is -1.39. The van der Waals surface area contributed by atoms with Gasteiger partial charge in [-0.05, 0) is 87.7 Å². The number of ether oxygens (including phenoxy) is 1. The molecule has 3 aromatic rings. The van der Waals surface area contributed by atoms with Gasteiger partial charge in [-0.1, -0.05) is 30.3 Å². The van der Waals surface area contributed by atoms with Crippen LogP contribution in [0.25, 0.3) is 0 Å². The molecule has 10 heteroatoms. The van der Waals surface area contributed by atoms with E-state index < -0.39 is 28.7 Å². The molecule has 3 aliphatic rings. The highest BCUT2D eigenvalue weighted by molar-refractivity contribution is 8.02. The second-order valence-corrected chi connectivity index (χ2v) is 13.7. The molecule has 3 aromatic carbocycles. The number of benzene rings is 3. The summed E-state index contributed by atoms with van der Waals surface area (Å²) >= 11 is 1.60. The van der Waals surface area contributed by atoms with Crippen molar-refractivity contribution in [3.63, 3.8) is 0 Å². The monoisotopic (exact) mass is 642 g/mol. The van der Waals surface area contributed by atoms with Gasteiger partial charge in [-0.15, -0.1) is 11.8 Å². The van der Waals surface area contributed by atoms with E-state index in [0.29, 0.717) is 30.2 Å². The minimum absolute atomic E-state index is 0.0910. The zero-order chi connectivity index (χ0) is 32.4. The highest BCUT2D eigenvalue weighted by Gasteiger charge is 2.74. The molecule has 0 saturated carbocycles. The molecule has 1 spiro atoms. The Hall–Kier alpha value is -4.02. The lowest BCUT2D eigenvalue weighted by Gasteiger charge is -2.37. The van der Waals surface area contributed by atoms with Gasteiger partial charge in [-0.2, -0.15) is 0 Å². The number of nitrogens with zero attached hydrogens (tertiary/aromatic N) is 2. The second-order valence-electron chi connectivity index (χ2n) is 12.1. The van der Waals surface area contributed by atoms with Crippen LogP contribution in [0.3, 0.4) is 0 Å². The van der Waals surface area contributed by atoms with Crippen LogP contribution in [0.1, 0.15) is 45.2 Å². The first-order valence-electron chi connectivity index (χ1n) is 16.2. The summed E-state index contributed by atoms with van der Waals surface area (Å²) in [6.45, 7) is 8.06. The Balaban J connectivity index is 1.33. The third-order valence-electron chi connectivity index (χ3n) is 9.68. The average molecular weight is 643 g/mol. The predicted octanol–water partition coefficient (Wildman–Crippen LogP) is 5.33. The van der Waals surface area contributed by atoms with Gasteiger partial charge < -0.3 is 30.3 Å². The Bertz CT molecular complexity index is 1550. The van der Waals surface area contributed by atoms with Crippen LogP contribution in [0.15, 0.2) is 78.9 Å². The molecule has 0 radical (unpaired) electrons. The summed E-state index contributed by atoms with van der Waals surface area (Å²) in [6, 6.07) is 22.6. The zero-order valence-corrected chi connectivity index (χ0v) is 27.3. The highest BCUT2D eigenvalue weighted by atomic mass is 32.2. The van der Waals surface area contributed by atoms with Gasteiger partial charge in [0, 0.05) is 35.4 Å². The first-order chi connectivity index (χ1) is 22.3. The fourth-order valence-corrected chi connectivity index (χ4v) is 9.84. The van der Waals surface area contributed by atoms with Crippen molar-refractivity contribution in [1.29, 1.82) is 0 Å². The molecule has 46 heavy (non-hydrogen) atoms. The minimum Gasteiger partial charge on any atom is -0.494 e. The lowest BCUT2D eigenvalue weighted by atomic mass is 9.70. The SMILES string of the molecule is CCOc1ccc(NC(=O)[C@@H]2[C@H]3C(=O)N([C@H](CO)c4ccccc4)C(C(=O)Nc4ccc(N(CC)CC)cc4)C34CC[C@H]2S4)cc1. The van der Waals surface area contributed by atoms with Crippen molar-refractivity contribution < 1.29 is 24.2 Å². The smallest absolute Gasteiger partial charge is 0.248 e. The molecule has 9 nitrogen and oxygen atoms in total. The third kappa shape index (κ3) is 5.62. The normalized spacial score (nSPS) is 25.2. The molecule has 242 valence electrons. The fraction of sp³-hybridized carbons (Fsp3) is 0.417. The van der Waals surface area contributed by atoms with E-state index in [4.69, 9.17) is 4.74 Å². The van der Waals surface area contributed by atoms with Crippen LogP contribution in [0.2, 0.25) is 0 Å². The zero-order valence-electron chi connectivity index (χ0n) is 26.5. The predicted molar refractivity (Wildman–Crippen MR) is 182 cm³/mol. The molecule has 0 aliphatic carbocycles. The number of nitrogens with one attached hydrogen (secondary N) is 2. The van der Waals surface area contributed by atoms with Gasteiger partial charge in [0.25, 0.3) is 0 Å². The van der Waals surface area contributed by atoms with Crippen molar-refractivity contribution in [3.05, 3.63) is 84.4 Å². The number of aliphatic hydroxyl groups excluding tert-OH is 1. The van der Waals surface area contributed by atoms with E-state index in [9.17, 15) is 19.5 Å². The molecule has 3 aliphatic heterocycles. The maximum absolute atomic E-state index is 14.6. The molecule has 3 heterocycles. The lowest BCUT2D eigenvalue weighted by Crippen LogP contribution is -2.52. The number of carbonyl (C=O) groups excluding carboxylic acids is 3. The summed E-state index contributed by atoms with van der Waals surface area (Å²) in [4.78, 5) is 46.8. The van der Waals surface area contributed by atoms with E-state index in [2.05, 4.69) is 29.4 Å². The Labute approximate surface area is 274 Å². The van der Waals surface area contributed by atoms with Crippen LogP contribution in [-0.2, 0) is 14.4 Å². The summed E-state index contributed by atoms with van der Waals surface area (Å²) in [7, 11) is 0. The van der Waals surface area contributed by atoms with Crippen molar-refractivity contribution in [1.82, 2.24) is 4.90 Å². The van der Waals surface area contributed by atoms with E-state index >= 15 is 0 Å². The summed E-state index contributed by atoms with van der Waals surface area (Å²) in [5, 5.41) is 16.8. The maximum Gasteiger partial charge on any atom is 0.248 e. The van der Waals surface area contributed by atoms with Crippen LogP contribution < -0.4 is 20.3 Å². The number of carbonyl (C=O) groups is 3. The molecule has 6 rings (SSSR count). The molecule has 2 unspecified atom stereocenters. The van der Waals surface area contributed by atoms with Gasteiger partial charge in [0.15, 0.2) is 0 Å². The first-order valence-corrected chi connectivity index (χ1v) is 17.1. The van der Waals surface area contributed by atoms with E-state index in [0.717, 1.165) is 30.8 Å². The van der Waals surface area contributed by atoms with Crippen LogP contribution in [-0.4, -0.2) is 70.1 Å². The van der Waals surface area contributed by atoms with Crippen molar-refractivity contribution in [2.75, 3.05) is 41.8 Å². The van der Waals surface area contributed by atoms with Crippen LogP contribution in [0.4, 0.5) is 17.1 Å². The number of rotatable bonds is 12. The van der Waals surface area contributed by atoms with Crippen molar-refractivity contribution >= 4 is 46.5 Å². The van der Waals surface area contributed by atoms with Gasteiger partial charge in [0.2, 0.25) is 17.7 Å². The van der Waals surface area contributed by atoms with Crippen molar-refractivity contribution in [3.8, 4) is 5.75 Å². The number of hydrogen-bond donors (Lipinski definition) is 3. The molecule has 3 amide bonds. The molecule has 3 fully saturated rings. The second kappa shape index (κ2) is 13.4. The maximum atomic E-state index is 14.6. The Morgan fingerprint density at radius 3 is 2.20 bits per heavy atom. The Kier molecular flexibility index (Phi) is 9.29. The largest absolute Gasteiger partial charge is 0.494 e. The molecule has 0 aromatic heterocycles. The number of likely N-dealkylation sites (tertiary alicyclic amines) is 1. The fourth-order valence-electron chi connectivity index (χ4n) is 7.64. The van der Waals surface area contributed by atoms with E-state index in [1.54, 1.807) is 40.9 Å². The van der Waals surface area contributed by atoms with E-state index in [1.165, 1.54) is 0 Å². The molecule has 2 bridgehead atoms. The van der Waals surface area contributed by atoms with Crippen LogP contribution >= 0.6 is 11.8 Å². The molecule has 3 saturated heterocycles. The van der Waals surface area contributed by atoms with Crippen LogP contribution in [0.5, 0.6) is 5.75 Å². The Morgan fingerprint density at radius 1 is 0.957 bits per heavy atom. The van der Waals surface area contributed by atoms with Gasteiger partial charge in [0.1, 0.15) is 11.8 Å². The number of fused-ring (bicyclic) bond motifs is 1. The highest BCUT2D eigenvalue weighted by Crippen LogP contribution is 2.67. The van der Waals surface area contributed by atoms with Gasteiger partial charge >= 0.3 is 0 Å². The van der Waals surface area contributed by atoms with Crippen LogP contribution in [0, 0.1) is 11.8 Å². The summed E-state index contributed by atoms with van der Waals surface area (Å²) in [6.07, 6.45) is 1.36. The molecular weight excluding hydrogens is 600 g/mol. The van der Waals surface area contributed by atoms with Gasteiger partial charge in [-0.25, -0.2) is 0 Å². The first kappa shape index (κ1) is 31.9. The van der Waals surface area contributed by atoms with Crippen molar-refractivity contribution in [2.24, 2.45) is 11.8 Å². The molecule has 6 atom stereocenters. The Morgan fingerprint density at radius 2 is 1.59 bits per heavy atom. The summed E-state index contributed by atoms with van der Waals surface area (Å²) in [5.41, 5.74) is 3.06. The lowest BCUT2D eigenvalue weighted by molar-refractivity contribution is -0.141. The molecular formula is C36H42N4O5S. The van der Waals surface area contributed by atoms with Gasteiger partial charge in [0.05, 0.1) is 35.8 Å². The number of anilines is 3. The average Bonchev–Trinajstić information content (AvgIpc) is 3.72. The quantitative estimate of drug-likeness (QED) is 0.245. The topological polar surface area (TPSA) is 111 Å². The number of aliphatic hydroxyl groups is 1. The molecule has 3 N–H and O–H groups in total. The standard InChI is InChI=1S/C36H42N4O5S/c1-4-39(5-2)26-16-12-24(13-17-26)38-34(43)32-36-21-20-29(46-36)30(33(42)37-25-14-18-27(19-15-25)45-6-3)31(36)35(44)40(32)28(22-41)23-10-8-7-9-11-23/h7-19,28-32,41H,4-6,20-22H2,1-3H3,(H,37,42)(H,38,43)/t28-,29-,30+,31+,32?,36?/m1/s1. The van der Waals surface area contributed by atoms with Crippen molar-refractivity contribution in [2.45, 2.75) is 55.7 Å². The van der Waals surface area contributed by atoms with E-state index in [1.807, 2.05) is 61.5 Å². The number of amides is 3. The number of hydrogen-bond acceptors (Lipinski definition) is 7. The van der Waals surface area contributed by atoms with E-state index in [-0.39, 0.29) is 29.6 Å². The minimum atomic E-state index is -0.872.